The maximum Gasteiger partial charge on any atom is 0.0756 e. The first-order chi connectivity index (χ1) is 9.13. The van der Waals surface area contributed by atoms with Crippen LogP contribution in [0.15, 0.2) is 24.4 Å². The summed E-state index contributed by atoms with van der Waals surface area (Å²) in [7, 11) is 1.88. The summed E-state index contributed by atoms with van der Waals surface area (Å²) in [6.45, 7) is 2.91. The Kier molecular flexibility index (Phi) is 4.80. The third-order valence-corrected chi connectivity index (χ3v) is 3.74. The molecule has 1 heterocycles. The standard InChI is InChI=1S/C13H16Cl2N4/c1-3-16-12(13-8-17-18-19(13)2)7-9-10(14)5-4-6-11(9)15/h4-6,8,12,16H,3,7H2,1-2H3. The molecule has 2 aromatic rings. The van der Waals surface area contributed by atoms with Gasteiger partial charge in [-0.2, -0.15) is 0 Å². The van der Waals surface area contributed by atoms with E-state index in [1.807, 2.05) is 25.2 Å². The van der Waals surface area contributed by atoms with Crippen molar-refractivity contribution in [2.75, 3.05) is 6.54 Å². The molecule has 1 unspecified atom stereocenters. The van der Waals surface area contributed by atoms with Crippen molar-refractivity contribution in [1.82, 2.24) is 20.3 Å². The molecule has 0 aliphatic carbocycles. The predicted octanol–water partition coefficient (Wildman–Crippen LogP) is 3.02. The molecule has 0 bridgehead atoms. The fourth-order valence-corrected chi connectivity index (χ4v) is 2.62. The van der Waals surface area contributed by atoms with Gasteiger partial charge in [0.2, 0.25) is 0 Å². The van der Waals surface area contributed by atoms with Crippen molar-refractivity contribution < 1.29 is 0 Å². The van der Waals surface area contributed by atoms with Crippen molar-refractivity contribution in [2.24, 2.45) is 7.05 Å². The summed E-state index contributed by atoms with van der Waals surface area (Å²) in [4.78, 5) is 0. The zero-order chi connectivity index (χ0) is 13.8. The third kappa shape index (κ3) is 3.26. The molecule has 1 aromatic heterocycles. The summed E-state index contributed by atoms with van der Waals surface area (Å²) in [6.07, 6.45) is 2.46. The minimum absolute atomic E-state index is 0.0856. The van der Waals surface area contributed by atoms with Gasteiger partial charge < -0.3 is 5.32 Å². The van der Waals surface area contributed by atoms with E-state index < -0.39 is 0 Å². The summed E-state index contributed by atoms with van der Waals surface area (Å²) in [6, 6.07) is 5.64. The average molecular weight is 299 g/mol. The van der Waals surface area contributed by atoms with Crippen molar-refractivity contribution in [3.05, 3.63) is 45.7 Å². The molecule has 0 aliphatic heterocycles. The van der Waals surface area contributed by atoms with Crippen molar-refractivity contribution >= 4 is 23.2 Å². The fourth-order valence-electron chi connectivity index (χ4n) is 2.07. The lowest BCUT2D eigenvalue weighted by Crippen LogP contribution is -2.25. The van der Waals surface area contributed by atoms with E-state index in [0.29, 0.717) is 16.5 Å². The van der Waals surface area contributed by atoms with Crippen molar-refractivity contribution in [2.45, 2.75) is 19.4 Å². The monoisotopic (exact) mass is 298 g/mol. The van der Waals surface area contributed by atoms with Crippen LogP contribution in [0.5, 0.6) is 0 Å². The SMILES string of the molecule is CCNC(Cc1c(Cl)cccc1Cl)c1cnnn1C. The molecule has 0 aliphatic rings. The van der Waals surface area contributed by atoms with Crippen LogP contribution >= 0.6 is 23.2 Å². The Bertz CT molecular complexity index is 533. The topological polar surface area (TPSA) is 42.7 Å². The number of nitrogens with zero attached hydrogens (tertiary/aromatic N) is 3. The highest BCUT2D eigenvalue weighted by atomic mass is 35.5. The van der Waals surface area contributed by atoms with E-state index in [0.717, 1.165) is 17.8 Å². The molecule has 0 spiro atoms. The molecule has 0 fully saturated rings. The Balaban J connectivity index is 2.29. The molecule has 0 amide bonds. The summed E-state index contributed by atoms with van der Waals surface area (Å²) in [5, 5.41) is 12.7. The summed E-state index contributed by atoms with van der Waals surface area (Å²) in [5.41, 5.74) is 1.95. The first kappa shape index (κ1) is 14.3. The minimum atomic E-state index is 0.0856. The number of aromatic nitrogens is 3. The van der Waals surface area contributed by atoms with Gasteiger partial charge in [0, 0.05) is 17.1 Å². The number of halogens is 2. The molecule has 1 atom stereocenters. The highest BCUT2D eigenvalue weighted by molar-refractivity contribution is 6.36. The van der Waals surface area contributed by atoms with Crippen LogP contribution in [0, 0.1) is 0 Å². The first-order valence-electron chi connectivity index (χ1n) is 6.14. The van der Waals surface area contributed by atoms with E-state index >= 15 is 0 Å². The Hall–Kier alpha value is -1.10. The highest BCUT2D eigenvalue weighted by Gasteiger charge is 2.18. The number of hydrogen-bond donors (Lipinski definition) is 1. The molecule has 2 rings (SSSR count). The molecule has 1 N–H and O–H groups in total. The van der Waals surface area contributed by atoms with E-state index in [-0.39, 0.29) is 6.04 Å². The van der Waals surface area contributed by atoms with Crippen LogP contribution in [0.4, 0.5) is 0 Å². The Morgan fingerprint density at radius 1 is 1.32 bits per heavy atom. The zero-order valence-corrected chi connectivity index (χ0v) is 12.4. The molecule has 6 heteroatoms. The van der Waals surface area contributed by atoms with Gasteiger partial charge in [0.15, 0.2) is 0 Å². The van der Waals surface area contributed by atoms with E-state index in [4.69, 9.17) is 23.2 Å². The largest absolute Gasteiger partial charge is 0.309 e. The molecule has 1 aromatic carbocycles. The van der Waals surface area contributed by atoms with Crippen LogP contribution in [0.25, 0.3) is 0 Å². The van der Waals surface area contributed by atoms with E-state index in [1.54, 1.807) is 10.9 Å². The number of likely N-dealkylation sites (N-methyl/N-ethyl adjacent to an activating group) is 1. The lowest BCUT2D eigenvalue weighted by Gasteiger charge is -2.19. The molecular formula is C13H16Cl2N4. The quantitative estimate of drug-likeness (QED) is 0.923. The number of rotatable bonds is 5. The van der Waals surface area contributed by atoms with Crippen LogP contribution in [-0.2, 0) is 13.5 Å². The van der Waals surface area contributed by atoms with Gasteiger partial charge in [0.05, 0.1) is 17.9 Å². The predicted molar refractivity (Wildman–Crippen MR) is 77.6 cm³/mol. The number of nitrogens with one attached hydrogen (secondary N) is 1. The molecule has 19 heavy (non-hydrogen) atoms. The van der Waals surface area contributed by atoms with Crippen LogP contribution in [-0.4, -0.2) is 21.5 Å². The van der Waals surface area contributed by atoms with Gasteiger partial charge in [-0.1, -0.05) is 41.4 Å². The van der Waals surface area contributed by atoms with Crippen molar-refractivity contribution in [3.8, 4) is 0 Å². The maximum atomic E-state index is 6.22. The van der Waals surface area contributed by atoms with Crippen molar-refractivity contribution in [3.63, 3.8) is 0 Å². The molecule has 0 saturated carbocycles. The normalized spacial score (nSPS) is 12.6. The van der Waals surface area contributed by atoms with E-state index in [1.165, 1.54) is 0 Å². The number of hydrogen-bond acceptors (Lipinski definition) is 3. The minimum Gasteiger partial charge on any atom is -0.309 e. The molecular weight excluding hydrogens is 283 g/mol. The van der Waals surface area contributed by atoms with Crippen LogP contribution in [0.1, 0.15) is 24.2 Å². The lowest BCUT2D eigenvalue weighted by molar-refractivity contribution is 0.506. The average Bonchev–Trinajstić information content (AvgIpc) is 2.79. The van der Waals surface area contributed by atoms with Crippen LogP contribution in [0.3, 0.4) is 0 Å². The second-order valence-corrected chi connectivity index (χ2v) is 5.11. The summed E-state index contributed by atoms with van der Waals surface area (Å²) in [5.74, 6) is 0. The summed E-state index contributed by atoms with van der Waals surface area (Å²) < 4.78 is 1.76. The molecule has 102 valence electrons. The third-order valence-electron chi connectivity index (χ3n) is 3.03. The Morgan fingerprint density at radius 2 is 2.00 bits per heavy atom. The van der Waals surface area contributed by atoms with Gasteiger partial charge in [-0.15, -0.1) is 5.10 Å². The van der Waals surface area contributed by atoms with Gasteiger partial charge in [0.1, 0.15) is 0 Å². The molecule has 0 radical (unpaired) electrons. The van der Waals surface area contributed by atoms with Crippen molar-refractivity contribution in [1.29, 1.82) is 0 Å². The van der Waals surface area contributed by atoms with Crippen LogP contribution in [0.2, 0.25) is 10.0 Å². The Labute approximate surface area is 122 Å². The highest BCUT2D eigenvalue weighted by Crippen LogP contribution is 2.28. The fraction of sp³-hybridized carbons (Fsp3) is 0.385. The second-order valence-electron chi connectivity index (χ2n) is 4.30. The van der Waals surface area contributed by atoms with Gasteiger partial charge in [-0.3, -0.25) is 4.68 Å². The second kappa shape index (κ2) is 6.37. The number of benzene rings is 1. The van der Waals surface area contributed by atoms with Gasteiger partial charge >= 0.3 is 0 Å². The van der Waals surface area contributed by atoms with E-state index in [9.17, 15) is 0 Å². The number of aryl methyl sites for hydroxylation is 1. The zero-order valence-electron chi connectivity index (χ0n) is 10.9. The Morgan fingerprint density at radius 3 is 2.53 bits per heavy atom. The lowest BCUT2D eigenvalue weighted by atomic mass is 10.0. The smallest absolute Gasteiger partial charge is 0.0756 e. The maximum absolute atomic E-state index is 6.22. The first-order valence-corrected chi connectivity index (χ1v) is 6.90. The molecule has 4 nitrogen and oxygen atoms in total. The van der Waals surface area contributed by atoms with Gasteiger partial charge in [-0.05, 0) is 30.7 Å². The molecule has 0 saturated heterocycles. The summed E-state index contributed by atoms with van der Waals surface area (Å²) >= 11 is 12.4. The van der Waals surface area contributed by atoms with Gasteiger partial charge in [-0.25, -0.2) is 0 Å². The van der Waals surface area contributed by atoms with E-state index in [2.05, 4.69) is 22.6 Å². The van der Waals surface area contributed by atoms with Crippen LogP contribution < -0.4 is 5.32 Å². The van der Waals surface area contributed by atoms with Gasteiger partial charge in [0.25, 0.3) is 0 Å².